The maximum absolute atomic E-state index is 12.3. The summed E-state index contributed by atoms with van der Waals surface area (Å²) in [4.78, 5) is 12.3. The molecule has 0 aromatic carbocycles. The van der Waals surface area contributed by atoms with E-state index >= 15 is 0 Å². The van der Waals surface area contributed by atoms with E-state index in [-0.39, 0.29) is 46.0 Å². The topological polar surface area (TPSA) is 245 Å². The third-order valence-electron chi connectivity index (χ3n) is 16.7. The molecule has 15 heteroatoms. The summed E-state index contributed by atoms with van der Waals surface area (Å²) in [6.07, 6.45) is -11.0. The quantitative estimate of drug-likeness (QED) is 0.135. The van der Waals surface area contributed by atoms with Gasteiger partial charge < -0.3 is 69.6 Å². The normalized spacial score (nSPS) is 56.8. The largest absolute Gasteiger partial charge is 0.479 e. The van der Waals surface area contributed by atoms with Crippen molar-refractivity contribution in [2.24, 2.45) is 44.8 Å². The van der Waals surface area contributed by atoms with Gasteiger partial charge in [-0.15, -0.1) is 0 Å². The number of carboxylic acid groups (broad SMARTS) is 1. The van der Waals surface area contributed by atoms with Crippen molar-refractivity contribution in [3.63, 3.8) is 0 Å². The molecule has 320 valence electrons. The van der Waals surface area contributed by atoms with Crippen molar-refractivity contribution in [3.8, 4) is 0 Å². The first kappa shape index (κ1) is 42.8. The fourth-order valence-corrected chi connectivity index (χ4v) is 13.1. The van der Waals surface area contributed by atoms with Gasteiger partial charge in [0.25, 0.3) is 0 Å². The van der Waals surface area contributed by atoms with Gasteiger partial charge in [0.05, 0.1) is 31.0 Å². The van der Waals surface area contributed by atoms with Crippen molar-refractivity contribution in [2.75, 3.05) is 13.2 Å². The van der Waals surface area contributed by atoms with E-state index in [1.807, 2.05) is 6.92 Å². The summed E-state index contributed by atoms with van der Waals surface area (Å²) in [6.45, 7) is 17.0. The van der Waals surface area contributed by atoms with E-state index in [2.05, 4.69) is 47.6 Å². The summed E-state index contributed by atoms with van der Waals surface area (Å²) in [5.41, 5.74) is -1.15. The number of hydrogen-bond acceptors (Lipinski definition) is 14. The minimum absolute atomic E-state index is 0.0129. The van der Waals surface area contributed by atoms with E-state index in [0.29, 0.717) is 19.4 Å². The Morgan fingerprint density at radius 2 is 1.50 bits per heavy atom. The number of aliphatic hydroxyl groups excluding tert-OH is 8. The van der Waals surface area contributed by atoms with Crippen LogP contribution in [0.2, 0.25) is 0 Å². The summed E-state index contributed by atoms with van der Waals surface area (Å²) < 4.78 is 30.8. The fourth-order valence-electron chi connectivity index (χ4n) is 13.1. The van der Waals surface area contributed by atoms with Gasteiger partial charge in [0.2, 0.25) is 0 Å². The summed E-state index contributed by atoms with van der Waals surface area (Å²) in [5, 5.41) is 96.2. The van der Waals surface area contributed by atoms with Crippen LogP contribution >= 0.6 is 0 Å². The van der Waals surface area contributed by atoms with E-state index in [1.54, 1.807) is 0 Å². The molecule has 20 unspecified atom stereocenters. The molecule has 3 aliphatic heterocycles. The Kier molecular flexibility index (Phi) is 10.6. The Hall–Kier alpha value is -1.31. The second-order valence-corrected chi connectivity index (χ2v) is 20.5. The highest BCUT2D eigenvalue weighted by Gasteiger charge is 2.71. The van der Waals surface area contributed by atoms with Gasteiger partial charge in [-0.25, -0.2) is 4.79 Å². The molecule has 3 saturated heterocycles. The number of allylic oxidation sites excluding steroid dienone is 1. The van der Waals surface area contributed by atoms with Crippen molar-refractivity contribution in [3.05, 3.63) is 11.6 Å². The molecule has 3 saturated carbocycles. The second kappa shape index (κ2) is 13.9. The van der Waals surface area contributed by atoms with E-state index < -0.39 is 90.3 Å². The lowest BCUT2D eigenvalue weighted by Crippen LogP contribution is -2.72. The summed E-state index contributed by atoms with van der Waals surface area (Å²) in [5.74, 6) is -3.46. The molecular formula is C41H66O15. The van der Waals surface area contributed by atoms with E-state index in [0.717, 1.165) is 32.1 Å². The van der Waals surface area contributed by atoms with Gasteiger partial charge in [-0.05, 0) is 93.0 Å². The minimum Gasteiger partial charge on any atom is -0.479 e. The van der Waals surface area contributed by atoms with Crippen LogP contribution in [-0.4, -0.2) is 144 Å². The SMILES string of the molecule is CC1(C)CC(O)C2(C)COC3(C)C(=CCC4C5(C)CCC(OC6(C)OC(C(=O)O)C(O)C(O)C6OC6OC(O)C(O)C(O)C6O)C(C)(CO)C5CCC43C)C2C1. The molecule has 7 aliphatic rings. The van der Waals surface area contributed by atoms with Crippen LogP contribution in [0.25, 0.3) is 0 Å². The van der Waals surface area contributed by atoms with Crippen LogP contribution in [0, 0.1) is 44.8 Å². The number of aliphatic carboxylic acids is 1. The maximum atomic E-state index is 12.3. The molecule has 0 aromatic rings. The van der Waals surface area contributed by atoms with Gasteiger partial charge in [0.15, 0.2) is 24.5 Å². The Bertz CT molecular complexity index is 1560. The second-order valence-electron chi connectivity index (χ2n) is 20.5. The monoisotopic (exact) mass is 798 g/mol. The van der Waals surface area contributed by atoms with E-state index in [9.17, 15) is 50.8 Å². The first-order valence-electron chi connectivity index (χ1n) is 20.4. The van der Waals surface area contributed by atoms with Crippen LogP contribution < -0.4 is 0 Å². The first-order chi connectivity index (χ1) is 25.8. The lowest BCUT2D eigenvalue weighted by molar-refractivity contribution is -0.419. The predicted octanol–water partition coefficient (Wildman–Crippen LogP) is 1.19. The zero-order chi connectivity index (χ0) is 41.3. The average Bonchev–Trinajstić information content (AvgIpc) is 3.12. The smallest absolute Gasteiger partial charge is 0.335 e. The molecule has 7 rings (SSSR count). The number of aliphatic hydroxyl groups is 8. The molecule has 0 amide bonds. The van der Waals surface area contributed by atoms with Crippen molar-refractivity contribution in [1.82, 2.24) is 0 Å². The third kappa shape index (κ3) is 6.04. The maximum Gasteiger partial charge on any atom is 0.335 e. The van der Waals surface area contributed by atoms with Gasteiger partial charge in [-0.1, -0.05) is 47.6 Å². The molecule has 3 heterocycles. The van der Waals surface area contributed by atoms with Crippen LogP contribution in [0.1, 0.15) is 100 Å². The molecule has 20 atom stereocenters. The standard InChI is InChI=1S/C41H66O15/c1-35(2)15-20-19-9-10-22-36(3)13-12-24(37(4,17-42)21(36)11-14-39(22,6)40(19,7)52-18-38(20,5)23(43)16-35)55-41(8)31(27(46)26(45)30(56-41)32(49)50)53-34-29(48)25(44)28(47)33(51)54-34/h9,20-31,33-34,42-48,51H,10-18H2,1-8H3,(H,49,50). The number of ether oxygens (including phenoxy) is 5. The number of carbonyl (C=O) groups is 1. The molecular weight excluding hydrogens is 732 g/mol. The van der Waals surface area contributed by atoms with Crippen molar-refractivity contribution in [1.29, 1.82) is 0 Å². The van der Waals surface area contributed by atoms with Crippen molar-refractivity contribution in [2.45, 2.75) is 179 Å². The Morgan fingerprint density at radius 1 is 0.821 bits per heavy atom. The number of rotatable bonds is 6. The summed E-state index contributed by atoms with van der Waals surface area (Å²) in [7, 11) is 0. The van der Waals surface area contributed by atoms with Gasteiger partial charge in [-0.2, -0.15) is 0 Å². The summed E-state index contributed by atoms with van der Waals surface area (Å²) >= 11 is 0. The van der Waals surface area contributed by atoms with Gasteiger partial charge in [0, 0.05) is 16.2 Å². The van der Waals surface area contributed by atoms with Crippen LogP contribution in [-0.2, 0) is 28.5 Å². The number of carboxylic acids is 1. The molecule has 0 bridgehead atoms. The molecule has 6 fully saturated rings. The van der Waals surface area contributed by atoms with Crippen LogP contribution in [0.15, 0.2) is 11.6 Å². The number of fused-ring (bicyclic) bond motifs is 7. The molecule has 0 spiro atoms. The van der Waals surface area contributed by atoms with E-state index in [4.69, 9.17) is 23.7 Å². The highest BCUT2D eigenvalue weighted by molar-refractivity contribution is 5.73. The molecule has 0 radical (unpaired) electrons. The molecule has 15 nitrogen and oxygen atoms in total. The highest BCUT2D eigenvalue weighted by atomic mass is 16.8. The Morgan fingerprint density at radius 3 is 2.14 bits per heavy atom. The van der Waals surface area contributed by atoms with E-state index in [1.165, 1.54) is 12.5 Å². The number of hydrogen-bond donors (Lipinski definition) is 9. The molecule has 4 aliphatic carbocycles. The lowest BCUT2D eigenvalue weighted by Gasteiger charge is -2.71. The molecule has 56 heavy (non-hydrogen) atoms. The fraction of sp³-hybridized carbons (Fsp3) is 0.927. The van der Waals surface area contributed by atoms with Crippen molar-refractivity contribution < 1.29 is 74.4 Å². The Balaban J connectivity index is 1.19. The van der Waals surface area contributed by atoms with Crippen molar-refractivity contribution >= 4 is 5.97 Å². The van der Waals surface area contributed by atoms with Crippen LogP contribution in [0.5, 0.6) is 0 Å². The van der Waals surface area contributed by atoms with Gasteiger partial charge in [0.1, 0.15) is 36.6 Å². The van der Waals surface area contributed by atoms with Crippen LogP contribution in [0.4, 0.5) is 0 Å². The zero-order valence-corrected chi connectivity index (χ0v) is 34.0. The predicted molar refractivity (Wildman–Crippen MR) is 196 cm³/mol. The highest BCUT2D eigenvalue weighted by Crippen LogP contribution is 2.73. The van der Waals surface area contributed by atoms with Crippen LogP contribution in [0.3, 0.4) is 0 Å². The first-order valence-corrected chi connectivity index (χ1v) is 20.4. The molecule has 0 aromatic heterocycles. The zero-order valence-electron chi connectivity index (χ0n) is 34.0. The average molecular weight is 799 g/mol. The minimum atomic E-state index is -2.13. The van der Waals surface area contributed by atoms with Gasteiger partial charge >= 0.3 is 5.97 Å². The molecule has 9 N–H and O–H groups in total. The Labute approximate surface area is 328 Å². The summed E-state index contributed by atoms with van der Waals surface area (Å²) in [6, 6.07) is 0. The lowest BCUT2D eigenvalue weighted by atomic mass is 9.37. The third-order valence-corrected chi connectivity index (χ3v) is 16.7. The van der Waals surface area contributed by atoms with Gasteiger partial charge in [-0.3, -0.25) is 0 Å².